The maximum Gasteiger partial charge on any atom is 0.335 e. The van der Waals surface area contributed by atoms with Gasteiger partial charge in [0.1, 0.15) is 17.1 Å². The molecule has 0 aliphatic carbocycles. The van der Waals surface area contributed by atoms with Crippen molar-refractivity contribution in [2.24, 2.45) is 7.05 Å². The van der Waals surface area contributed by atoms with Crippen molar-refractivity contribution in [3.63, 3.8) is 0 Å². The highest BCUT2D eigenvalue weighted by molar-refractivity contribution is 5.98. The molecule has 2 aromatic heterocycles. The number of H-pyrrole nitrogens is 1. The number of nitrogens with zero attached hydrogens (tertiary/aromatic N) is 1. The van der Waals surface area contributed by atoms with Crippen LogP contribution in [0.25, 0.3) is 22.0 Å². The minimum atomic E-state index is -1.15. The van der Waals surface area contributed by atoms with Gasteiger partial charge in [0.25, 0.3) is 5.56 Å². The molecule has 2 aromatic carbocycles. The van der Waals surface area contributed by atoms with E-state index in [4.69, 9.17) is 4.74 Å². The van der Waals surface area contributed by atoms with Gasteiger partial charge in [-0.25, -0.2) is 13.6 Å². The number of aromatic nitrogens is 2. The maximum atomic E-state index is 14.1. The summed E-state index contributed by atoms with van der Waals surface area (Å²) in [7, 11) is 1.56. The van der Waals surface area contributed by atoms with E-state index in [2.05, 4.69) is 4.98 Å². The lowest BCUT2D eigenvalue weighted by atomic mass is 10.0. The summed E-state index contributed by atoms with van der Waals surface area (Å²) in [5.74, 6) is -2.86. The molecule has 146 valence electrons. The number of ether oxygens (including phenoxy) is 1. The summed E-state index contributed by atoms with van der Waals surface area (Å²) < 4.78 is 34.3. The molecule has 2 N–H and O–H groups in total. The largest absolute Gasteiger partial charge is 0.478 e. The van der Waals surface area contributed by atoms with Crippen LogP contribution in [0.5, 0.6) is 11.5 Å². The van der Waals surface area contributed by atoms with E-state index in [1.165, 1.54) is 22.8 Å². The van der Waals surface area contributed by atoms with Crippen molar-refractivity contribution in [1.82, 2.24) is 9.55 Å². The van der Waals surface area contributed by atoms with Gasteiger partial charge in [0.05, 0.1) is 5.56 Å². The van der Waals surface area contributed by atoms with Crippen LogP contribution in [0.15, 0.2) is 59.7 Å². The Bertz CT molecular complexity index is 1320. The molecular weight excluding hydrogens is 382 g/mol. The Morgan fingerprint density at radius 3 is 2.55 bits per heavy atom. The summed E-state index contributed by atoms with van der Waals surface area (Å²) in [6, 6.07) is 8.67. The van der Waals surface area contributed by atoms with Crippen molar-refractivity contribution in [1.29, 1.82) is 0 Å². The number of benzene rings is 2. The third-order valence-corrected chi connectivity index (χ3v) is 4.52. The number of hydrogen-bond donors (Lipinski definition) is 2. The summed E-state index contributed by atoms with van der Waals surface area (Å²) in [6.07, 6.45) is 3.14. The van der Waals surface area contributed by atoms with E-state index in [0.717, 1.165) is 12.1 Å². The Hall–Kier alpha value is -3.94. The predicted molar refractivity (Wildman–Crippen MR) is 102 cm³/mol. The van der Waals surface area contributed by atoms with Crippen LogP contribution in [-0.2, 0) is 7.05 Å². The molecule has 29 heavy (non-hydrogen) atoms. The van der Waals surface area contributed by atoms with Crippen LogP contribution in [0.1, 0.15) is 10.4 Å². The van der Waals surface area contributed by atoms with Crippen LogP contribution in [-0.4, -0.2) is 20.6 Å². The second-order valence-corrected chi connectivity index (χ2v) is 6.42. The zero-order chi connectivity index (χ0) is 20.7. The lowest BCUT2D eigenvalue weighted by molar-refractivity contribution is 0.0697. The Morgan fingerprint density at radius 1 is 1.07 bits per heavy atom. The highest BCUT2D eigenvalue weighted by Gasteiger charge is 2.18. The van der Waals surface area contributed by atoms with E-state index in [9.17, 15) is 23.5 Å². The van der Waals surface area contributed by atoms with Gasteiger partial charge < -0.3 is 19.4 Å². The molecule has 6 nitrogen and oxygen atoms in total. The molecule has 0 saturated carbocycles. The minimum absolute atomic E-state index is 0.00975. The molecule has 0 saturated heterocycles. The minimum Gasteiger partial charge on any atom is -0.478 e. The van der Waals surface area contributed by atoms with Crippen LogP contribution in [0.4, 0.5) is 8.78 Å². The fraction of sp³-hybridized carbons (Fsp3) is 0.0476. The number of halogens is 2. The smallest absolute Gasteiger partial charge is 0.335 e. The standard InChI is InChI=1S/C21H14F2N2O4/c1-25-10-15(13-6-7-24-19(13)20(25)26)14-8-11(21(27)28)2-4-17(14)29-18-5-3-12(22)9-16(18)23/h2-10,24H,1H3,(H,27,28). The van der Waals surface area contributed by atoms with Gasteiger partial charge in [0.15, 0.2) is 11.6 Å². The normalized spacial score (nSPS) is 11.0. The number of hydrogen-bond acceptors (Lipinski definition) is 3. The molecule has 8 heteroatoms. The second-order valence-electron chi connectivity index (χ2n) is 6.42. The van der Waals surface area contributed by atoms with Gasteiger partial charge >= 0.3 is 5.97 Å². The van der Waals surface area contributed by atoms with E-state index in [1.807, 2.05) is 0 Å². The number of nitrogens with one attached hydrogen (secondary N) is 1. The number of carbonyl (C=O) groups is 1. The quantitative estimate of drug-likeness (QED) is 0.539. The molecule has 0 spiro atoms. The highest BCUT2D eigenvalue weighted by atomic mass is 19.1. The van der Waals surface area contributed by atoms with Gasteiger partial charge in [-0.15, -0.1) is 0 Å². The van der Waals surface area contributed by atoms with Gasteiger partial charge in [-0.3, -0.25) is 4.79 Å². The maximum absolute atomic E-state index is 14.1. The first-order chi connectivity index (χ1) is 13.8. The molecule has 4 aromatic rings. The Labute approximate surface area is 162 Å². The molecule has 0 amide bonds. The van der Waals surface area contributed by atoms with Crippen LogP contribution < -0.4 is 10.3 Å². The molecule has 4 rings (SSSR count). The monoisotopic (exact) mass is 396 g/mol. The van der Waals surface area contributed by atoms with Crippen LogP contribution >= 0.6 is 0 Å². The first-order valence-electron chi connectivity index (χ1n) is 8.52. The van der Waals surface area contributed by atoms with Gasteiger partial charge in [-0.2, -0.15) is 0 Å². The molecule has 0 bridgehead atoms. The number of aromatic amines is 1. The summed E-state index contributed by atoms with van der Waals surface area (Å²) in [6.45, 7) is 0. The third-order valence-electron chi connectivity index (χ3n) is 4.52. The van der Waals surface area contributed by atoms with Crippen molar-refractivity contribution in [2.75, 3.05) is 0 Å². The number of aromatic carboxylic acids is 1. The van der Waals surface area contributed by atoms with E-state index in [1.54, 1.807) is 25.5 Å². The topological polar surface area (TPSA) is 84.3 Å². The van der Waals surface area contributed by atoms with Crippen LogP contribution in [0.2, 0.25) is 0 Å². The SMILES string of the molecule is Cn1cc(-c2cc(C(=O)O)ccc2Oc2ccc(F)cc2F)c2cc[nH]c2c1=O. The number of carboxylic acid groups (broad SMARTS) is 1. The van der Waals surface area contributed by atoms with Crippen molar-refractivity contribution >= 4 is 16.9 Å². The molecule has 0 radical (unpaired) electrons. The van der Waals surface area contributed by atoms with Gasteiger partial charge in [-0.05, 0) is 36.4 Å². The van der Waals surface area contributed by atoms with Crippen molar-refractivity contribution in [3.05, 3.63) is 82.4 Å². The highest BCUT2D eigenvalue weighted by Crippen LogP contribution is 2.37. The predicted octanol–water partition coefficient (Wildman–Crippen LogP) is 4.30. The Kier molecular flexibility index (Phi) is 4.38. The van der Waals surface area contributed by atoms with Crippen molar-refractivity contribution in [3.8, 4) is 22.6 Å². The molecular formula is C21H14F2N2O4. The molecule has 0 atom stereocenters. The van der Waals surface area contributed by atoms with Crippen LogP contribution in [0, 0.1) is 11.6 Å². The lowest BCUT2D eigenvalue weighted by Gasteiger charge is -2.14. The van der Waals surface area contributed by atoms with E-state index >= 15 is 0 Å². The van der Waals surface area contributed by atoms with Gasteiger partial charge in [0, 0.05) is 42.0 Å². The number of fused-ring (bicyclic) bond motifs is 1. The molecule has 2 heterocycles. The second kappa shape index (κ2) is 6.90. The van der Waals surface area contributed by atoms with E-state index in [-0.39, 0.29) is 22.6 Å². The van der Waals surface area contributed by atoms with E-state index in [0.29, 0.717) is 28.1 Å². The zero-order valence-corrected chi connectivity index (χ0v) is 15.1. The molecule has 0 unspecified atom stereocenters. The number of aryl methyl sites for hydroxylation is 1. The number of pyridine rings is 1. The molecule has 0 aliphatic heterocycles. The average molecular weight is 396 g/mol. The lowest BCUT2D eigenvalue weighted by Crippen LogP contribution is -2.16. The van der Waals surface area contributed by atoms with Crippen molar-refractivity contribution < 1.29 is 23.4 Å². The molecule has 0 aliphatic rings. The number of rotatable bonds is 4. The number of carboxylic acids is 1. The fourth-order valence-electron chi connectivity index (χ4n) is 3.12. The zero-order valence-electron chi connectivity index (χ0n) is 15.1. The van der Waals surface area contributed by atoms with Crippen molar-refractivity contribution in [2.45, 2.75) is 0 Å². The summed E-state index contributed by atoms with van der Waals surface area (Å²) in [5.41, 5.74) is 0.932. The molecule has 0 fully saturated rings. The summed E-state index contributed by atoms with van der Waals surface area (Å²) >= 11 is 0. The Morgan fingerprint density at radius 2 is 1.83 bits per heavy atom. The fourth-order valence-corrected chi connectivity index (χ4v) is 3.12. The Balaban J connectivity index is 1.96. The first-order valence-corrected chi connectivity index (χ1v) is 8.52. The van der Waals surface area contributed by atoms with Crippen LogP contribution in [0.3, 0.4) is 0 Å². The first kappa shape index (κ1) is 18.4. The van der Waals surface area contributed by atoms with E-state index < -0.39 is 17.6 Å². The van der Waals surface area contributed by atoms with Gasteiger partial charge in [0.2, 0.25) is 0 Å². The third kappa shape index (κ3) is 3.25. The summed E-state index contributed by atoms with van der Waals surface area (Å²) in [5, 5.41) is 9.94. The van der Waals surface area contributed by atoms with Gasteiger partial charge in [-0.1, -0.05) is 0 Å². The average Bonchev–Trinajstić information content (AvgIpc) is 3.17. The summed E-state index contributed by atoms with van der Waals surface area (Å²) in [4.78, 5) is 26.7.